The number of rotatable bonds is 3. The van der Waals surface area contributed by atoms with Gasteiger partial charge in [-0.1, -0.05) is 29.8 Å². The Morgan fingerprint density at radius 3 is 2.65 bits per heavy atom. The minimum atomic E-state index is -0.190. The number of fused-ring (bicyclic) bond motifs is 1. The lowest BCUT2D eigenvalue weighted by Crippen LogP contribution is -2.21. The fourth-order valence-corrected chi connectivity index (χ4v) is 2.47. The first-order valence-electron chi connectivity index (χ1n) is 7.20. The molecule has 4 rings (SSSR count). The first kappa shape index (κ1) is 13.4. The van der Waals surface area contributed by atoms with E-state index in [1.807, 2.05) is 31.2 Å². The Morgan fingerprint density at radius 1 is 1.09 bits per heavy atom. The molecule has 0 bridgehead atoms. The summed E-state index contributed by atoms with van der Waals surface area (Å²) in [4.78, 5) is 20.9. The van der Waals surface area contributed by atoms with Crippen LogP contribution in [0.4, 0.5) is 0 Å². The molecule has 3 heterocycles. The molecule has 0 aliphatic rings. The maximum absolute atomic E-state index is 12.5. The molecule has 0 saturated carbocycles. The number of hydrogen-bond acceptors (Lipinski definition) is 4. The van der Waals surface area contributed by atoms with E-state index in [9.17, 15) is 4.79 Å². The van der Waals surface area contributed by atoms with Gasteiger partial charge in [-0.2, -0.15) is 0 Å². The topological polar surface area (TPSA) is 70.0 Å². The Balaban J connectivity index is 1.83. The average Bonchev–Trinajstić information content (AvgIpc) is 3.19. The second kappa shape index (κ2) is 5.20. The van der Waals surface area contributed by atoms with Gasteiger partial charge in [-0.15, -0.1) is 5.10 Å². The molecule has 0 unspecified atom stereocenters. The molecule has 0 aliphatic heterocycles. The molecule has 23 heavy (non-hydrogen) atoms. The number of benzene rings is 1. The molecule has 0 radical (unpaired) electrons. The van der Waals surface area contributed by atoms with Crippen molar-refractivity contribution >= 4 is 5.65 Å². The van der Waals surface area contributed by atoms with Gasteiger partial charge in [0.05, 0.1) is 6.54 Å². The van der Waals surface area contributed by atoms with Crippen molar-refractivity contribution in [1.29, 1.82) is 0 Å². The second-order valence-electron chi connectivity index (χ2n) is 5.34. The predicted molar refractivity (Wildman–Crippen MR) is 84.7 cm³/mol. The van der Waals surface area contributed by atoms with Crippen molar-refractivity contribution in [2.24, 2.45) is 0 Å². The summed E-state index contributed by atoms with van der Waals surface area (Å²) in [5, 5.41) is 4.44. The highest BCUT2D eigenvalue weighted by molar-refractivity contribution is 5.53. The summed E-state index contributed by atoms with van der Waals surface area (Å²) in [6, 6.07) is 8.05. The van der Waals surface area contributed by atoms with Crippen molar-refractivity contribution < 1.29 is 0 Å². The molecule has 0 amide bonds. The predicted octanol–water partition coefficient (Wildman–Crippen LogP) is 1.43. The van der Waals surface area contributed by atoms with E-state index in [1.54, 1.807) is 35.7 Å². The lowest BCUT2D eigenvalue weighted by molar-refractivity contribution is 0.658. The third kappa shape index (κ3) is 2.32. The zero-order valence-electron chi connectivity index (χ0n) is 12.5. The van der Waals surface area contributed by atoms with Crippen LogP contribution in [0.5, 0.6) is 0 Å². The fourth-order valence-electron chi connectivity index (χ4n) is 2.47. The quantitative estimate of drug-likeness (QED) is 0.574. The molecule has 4 aromatic rings. The number of hydrogen-bond donors (Lipinski definition) is 0. The van der Waals surface area contributed by atoms with E-state index < -0.39 is 0 Å². The lowest BCUT2D eigenvalue weighted by Gasteiger charge is -2.01. The van der Waals surface area contributed by atoms with E-state index in [0.29, 0.717) is 18.0 Å². The van der Waals surface area contributed by atoms with Gasteiger partial charge in [-0.3, -0.25) is 4.57 Å². The van der Waals surface area contributed by atoms with Gasteiger partial charge in [-0.05, 0) is 12.5 Å². The molecule has 0 aliphatic carbocycles. The minimum absolute atomic E-state index is 0.190. The van der Waals surface area contributed by atoms with E-state index in [2.05, 4.69) is 15.1 Å². The number of aromatic nitrogens is 6. The molecular formula is C16H14N6O. The summed E-state index contributed by atoms with van der Waals surface area (Å²) in [5.74, 6) is 0.574. The molecule has 0 atom stereocenters. The first-order chi connectivity index (χ1) is 11.2. The standard InChI is InChI=1S/C16H14N6O/c1-12-2-4-13(5-3-12)10-22-16(23)21-9-7-18-14(15(21)19-22)20-8-6-17-11-20/h2-9,11H,10H2,1H3. The summed E-state index contributed by atoms with van der Waals surface area (Å²) < 4.78 is 4.68. The number of imidazole rings is 1. The van der Waals surface area contributed by atoms with Crippen molar-refractivity contribution in [1.82, 2.24) is 28.7 Å². The fraction of sp³-hybridized carbons (Fsp3) is 0.125. The summed E-state index contributed by atoms with van der Waals surface area (Å²) in [6.45, 7) is 2.45. The zero-order chi connectivity index (χ0) is 15.8. The Labute approximate surface area is 131 Å². The highest BCUT2D eigenvalue weighted by Crippen LogP contribution is 2.10. The first-order valence-corrected chi connectivity index (χ1v) is 7.20. The van der Waals surface area contributed by atoms with Crippen LogP contribution in [-0.4, -0.2) is 28.7 Å². The number of aryl methyl sites for hydroxylation is 1. The number of nitrogens with zero attached hydrogens (tertiary/aromatic N) is 6. The molecule has 0 saturated heterocycles. The monoisotopic (exact) mass is 306 g/mol. The van der Waals surface area contributed by atoms with Gasteiger partial charge >= 0.3 is 5.69 Å². The van der Waals surface area contributed by atoms with E-state index in [-0.39, 0.29) is 5.69 Å². The Morgan fingerprint density at radius 2 is 1.91 bits per heavy atom. The molecule has 0 spiro atoms. The van der Waals surface area contributed by atoms with Crippen LogP contribution in [0.3, 0.4) is 0 Å². The van der Waals surface area contributed by atoms with Crippen molar-refractivity contribution in [3.63, 3.8) is 0 Å². The van der Waals surface area contributed by atoms with Crippen molar-refractivity contribution in [2.45, 2.75) is 13.5 Å². The van der Waals surface area contributed by atoms with Crippen LogP contribution in [0, 0.1) is 6.92 Å². The normalized spacial score (nSPS) is 11.2. The third-order valence-electron chi connectivity index (χ3n) is 3.68. The average molecular weight is 306 g/mol. The molecule has 3 aromatic heterocycles. The maximum atomic E-state index is 12.5. The Hall–Kier alpha value is -3.22. The molecule has 0 N–H and O–H groups in total. The van der Waals surface area contributed by atoms with Crippen molar-refractivity contribution in [2.75, 3.05) is 0 Å². The molecule has 7 heteroatoms. The van der Waals surface area contributed by atoms with Gasteiger partial charge in [0.1, 0.15) is 6.33 Å². The van der Waals surface area contributed by atoms with Gasteiger partial charge in [0.15, 0.2) is 5.82 Å². The molecule has 7 nitrogen and oxygen atoms in total. The van der Waals surface area contributed by atoms with E-state index in [1.165, 1.54) is 14.6 Å². The van der Waals surface area contributed by atoms with Crippen LogP contribution in [0.25, 0.3) is 11.5 Å². The molecule has 114 valence electrons. The van der Waals surface area contributed by atoms with E-state index in [4.69, 9.17) is 0 Å². The van der Waals surface area contributed by atoms with Crippen LogP contribution in [0.1, 0.15) is 11.1 Å². The molecule has 1 aromatic carbocycles. The zero-order valence-corrected chi connectivity index (χ0v) is 12.5. The highest BCUT2D eigenvalue weighted by Gasteiger charge is 2.13. The molecule has 0 fully saturated rings. The SMILES string of the molecule is Cc1ccc(Cn2nc3c(-n4ccnc4)nccn3c2=O)cc1. The van der Waals surface area contributed by atoms with E-state index >= 15 is 0 Å². The summed E-state index contributed by atoms with van der Waals surface area (Å²) in [5.41, 5.74) is 2.52. The second-order valence-corrected chi connectivity index (χ2v) is 5.34. The van der Waals surface area contributed by atoms with Crippen molar-refractivity contribution in [3.8, 4) is 5.82 Å². The van der Waals surface area contributed by atoms with Gasteiger partial charge in [0, 0.05) is 24.8 Å². The Kier molecular flexibility index (Phi) is 3.04. The van der Waals surface area contributed by atoms with Crippen LogP contribution < -0.4 is 5.69 Å². The Bertz CT molecular complexity index is 1010. The molecular weight excluding hydrogens is 292 g/mol. The third-order valence-corrected chi connectivity index (χ3v) is 3.68. The van der Waals surface area contributed by atoms with Crippen LogP contribution in [-0.2, 0) is 6.54 Å². The van der Waals surface area contributed by atoms with Crippen LogP contribution >= 0.6 is 0 Å². The minimum Gasteiger partial charge on any atom is -0.287 e. The van der Waals surface area contributed by atoms with E-state index in [0.717, 1.165) is 5.56 Å². The summed E-state index contributed by atoms with van der Waals surface area (Å²) in [7, 11) is 0. The lowest BCUT2D eigenvalue weighted by atomic mass is 10.1. The van der Waals surface area contributed by atoms with Gasteiger partial charge < -0.3 is 0 Å². The summed E-state index contributed by atoms with van der Waals surface area (Å²) in [6.07, 6.45) is 8.27. The maximum Gasteiger partial charge on any atom is 0.350 e. The largest absolute Gasteiger partial charge is 0.350 e. The van der Waals surface area contributed by atoms with Crippen LogP contribution in [0.15, 0.2) is 60.2 Å². The van der Waals surface area contributed by atoms with Gasteiger partial charge in [-0.25, -0.2) is 23.8 Å². The summed E-state index contributed by atoms with van der Waals surface area (Å²) >= 11 is 0. The smallest absolute Gasteiger partial charge is 0.287 e. The van der Waals surface area contributed by atoms with Gasteiger partial charge in [0.2, 0.25) is 5.65 Å². The van der Waals surface area contributed by atoms with Crippen molar-refractivity contribution in [3.05, 3.63) is 77.0 Å². The van der Waals surface area contributed by atoms with Crippen LogP contribution in [0.2, 0.25) is 0 Å². The van der Waals surface area contributed by atoms with Gasteiger partial charge in [0.25, 0.3) is 0 Å². The highest BCUT2D eigenvalue weighted by atomic mass is 16.2.